The van der Waals surface area contributed by atoms with Crippen molar-refractivity contribution < 1.29 is 4.74 Å². The maximum absolute atomic E-state index is 6.59. The Morgan fingerprint density at radius 3 is 2.38 bits per heavy atom. The molecule has 5 rings (SSSR count). The smallest absolute Gasteiger partial charge is 0.225 e. The highest BCUT2D eigenvalue weighted by Gasteiger charge is 2.22. The monoisotopic (exact) mass is 541 g/mol. The average Bonchev–Trinajstić information content (AvgIpc) is 3.22. The van der Waals surface area contributed by atoms with Crippen molar-refractivity contribution in [2.75, 3.05) is 43.5 Å². The summed E-state index contributed by atoms with van der Waals surface area (Å²) >= 11 is 13.2. The van der Waals surface area contributed by atoms with E-state index >= 15 is 0 Å². The lowest BCUT2D eigenvalue weighted by Crippen LogP contribution is -2.44. The molecule has 0 aliphatic carbocycles. The third-order valence-corrected chi connectivity index (χ3v) is 6.99. The third kappa shape index (κ3) is 5.41. The maximum Gasteiger partial charge on any atom is 0.225 e. The summed E-state index contributed by atoms with van der Waals surface area (Å²) in [5.74, 6) is 3.40. The number of benzene rings is 1. The second kappa shape index (κ2) is 11.0. The van der Waals surface area contributed by atoms with Crippen molar-refractivity contribution in [3.63, 3.8) is 0 Å². The standard InChI is InChI=1S/C25H29Cl2N9O/c1-15-32-23(29-10-9-28-17-5-11-35(12-6-17)25-30-7-4-8-31-25)21-24(33-15)36(16(2)34-21)22-19(26)13-18(37-3)14-20(22)27/h4,7-8,13-14,17,28H,5-6,9-12H2,1-3H3,(H,29,32,33). The number of ether oxygens (including phenoxy) is 1. The lowest BCUT2D eigenvalue weighted by molar-refractivity contribution is 0.415. The molecular formula is C25H29Cl2N9O. The number of methoxy groups -OCH3 is 1. The molecule has 12 heteroatoms. The molecule has 194 valence electrons. The van der Waals surface area contributed by atoms with E-state index in [0.29, 0.717) is 62.7 Å². The van der Waals surface area contributed by atoms with Gasteiger partial charge in [0.2, 0.25) is 5.95 Å². The number of aromatic nitrogens is 6. The maximum atomic E-state index is 6.59. The number of nitrogens with zero attached hydrogens (tertiary/aromatic N) is 7. The molecule has 1 aromatic carbocycles. The number of fused-ring (bicyclic) bond motifs is 1. The van der Waals surface area contributed by atoms with Crippen molar-refractivity contribution in [1.82, 2.24) is 34.8 Å². The normalized spacial score (nSPS) is 14.4. The van der Waals surface area contributed by atoms with E-state index in [1.165, 1.54) is 0 Å². The van der Waals surface area contributed by atoms with E-state index in [4.69, 9.17) is 32.9 Å². The van der Waals surface area contributed by atoms with Crippen molar-refractivity contribution in [2.24, 2.45) is 0 Å². The van der Waals surface area contributed by atoms with Crippen LogP contribution in [0, 0.1) is 13.8 Å². The number of anilines is 2. The van der Waals surface area contributed by atoms with Gasteiger partial charge in [0.1, 0.15) is 17.4 Å². The minimum absolute atomic E-state index is 0.451. The Labute approximate surface area is 225 Å². The van der Waals surface area contributed by atoms with Crippen LogP contribution in [0.1, 0.15) is 24.5 Å². The van der Waals surface area contributed by atoms with Gasteiger partial charge in [-0.3, -0.25) is 4.57 Å². The van der Waals surface area contributed by atoms with Gasteiger partial charge in [0.25, 0.3) is 0 Å². The summed E-state index contributed by atoms with van der Waals surface area (Å²) < 4.78 is 7.15. The van der Waals surface area contributed by atoms with Crippen molar-refractivity contribution in [2.45, 2.75) is 32.7 Å². The fourth-order valence-electron chi connectivity index (χ4n) is 4.64. The van der Waals surface area contributed by atoms with Crippen molar-refractivity contribution in [3.05, 3.63) is 52.3 Å². The zero-order chi connectivity index (χ0) is 25.9. The van der Waals surface area contributed by atoms with E-state index in [-0.39, 0.29) is 0 Å². The number of rotatable bonds is 8. The van der Waals surface area contributed by atoms with Crippen LogP contribution in [0.15, 0.2) is 30.6 Å². The largest absolute Gasteiger partial charge is 0.497 e. The van der Waals surface area contributed by atoms with Gasteiger partial charge < -0.3 is 20.3 Å². The van der Waals surface area contributed by atoms with Crippen LogP contribution >= 0.6 is 23.2 Å². The lowest BCUT2D eigenvalue weighted by Gasteiger charge is -2.32. The molecule has 0 unspecified atom stereocenters. The summed E-state index contributed by atoms with van der Waals surface area (Å²) in [4.78, 5) is 25.0. The average molecular weight is 542 g/mol. The van der Waals surface area contributed by atoms with Gasteiger partial charge in [-0.1, -0.05) is 23.2 Å². The van der Waals surface area contributed by atoms with Crippen LogP contribution < -0.4 is 20.3 Å². The third-order valence-electron chi connectivity index (χ3n) is 6.42. The molecule has 3 aromatic heterocycles. The summed E-state index contributed by atoms with van der Waals surface area (Å²) in [6, 6.07) is 5.75. The van der Waals surface area contributed by atoms with E-state index in [1.54, 1.807) is 31.6 Å². The summed E-state index contributed by atoms with van der Waals surface area (Å²) in [6.07, 6.45) is 5.66. The Balaban J connectivity index is 1.26. The first-order chi connectivity index (χ1) is 17.9. The Kier molecular flexibility index (Phi) is 7.59. The second-order valence-electron chi connectivity index (χ2n) is 8.92. The molecule has 37 heavy (non-hydrogen) atoms. The van der Waals surface area contributed by atoms with Crippen molar-refractivity contribution >= 4 is 46.1 Å². The van der Waals surface area contributed by atoms with Gasteiger partial charge in [0, 0.05) is 56.7 Å². The molecule has 1 saturated heterocycles. The first-order valence-corrected chi connectivity index (χ1v) is 13.0. The zero-order valence-electron chi connectivity index (χ0n) is 21.0. The zero-order valence-corrected chi connectivity index (χ0v) is 22.5. The van der Waals surface area contributed by atoms with Gasteiger partial charge in [0.05, 0.1) is 22.8 Å². The summed E-state index contributed by atoms with van der Waals surface area (Å²) in [7, 11) is 1.57. The molecular weight excluding hydrogens is 513 g/mol. The highest BCUT2D eigenvalue weighted by atomic mass is 35.5. The van der Waals surface area contributed by atoms with Crippen LogP contribution in [0.2, 0.25) is 10.0 Å². The van der Waals surface area contributed by atoms with Gasteiger partial charge >= 0.3 is 0 Å². The highest BCUT2D eigenvalue weighted by Crippen LogP contribution is 2.36. The molecule has 0 saturated carbocycles. The van der Waals surface area contributed by atoms with E-state index in [1.807, 2.05) is 24.5 Å². The quantitative estimate of drug-likeness (QED) is 0.317. The van der Waals surface area contributed by atoms with E-state index < -0.39 is 0 Å². The summed E-state index contributed by atoms with van der Waals surface area (Å²) in [6.45, 7) is 7.13. The number of piperidine rings is 1. The Morgan fingerprint density at radius 1 is 1.00 bits per heavy atom. The van der Waals surface area contributed by atoms with Crippen LogP contribution in [0.4, 0.5) is 11.8 Å². The fourth-order valence-corrected chi connectivity index (χ4v) is 5.27. The van der Waals surface area contributed by atoms with Gasteiger partial charge in [-0.15, -0.1) is 0 Å². The van der Waals surface area contributed by atoms with Crippen LogP contribution in [-0.4, -0.2) is 68.8 Å². The van der Waals surface area contributed by atoms with Crippen LogP contribution in [0.5, 0.6) is 5.75 Å². The molecule has 0 spiro atoms. The number of nitrogens with one attached hydrogen (secondary N) is 2. The predicted molar refractivity (Wildman–Crippen MR) is 146 cm³/mol. The van der Waals surface area contributed by atoms with Gasteiger partial charge in [-0.2, -0.15) is 0 Å². The molecule has 0 atom stereocenters. The second-order valence-corrected chi connectivity index (χ2v) is 9.73. The molecule has 0 amide bonds. The highest BCUT2D eigenvalue weighted by molar-refractivity contribution is 6.38. The minimum atomic E-state index is 0.451. The summed E-state index contributed by atoms with van der Waals surface area (Å²) in [5, 5.41) is 7.99. The van der Waals surface area contributed by atoms with Crippen LogP contribution in [0.3, 0.4) is 0 Å². The fraction of sp³-hybridized carbons (Fsp3) is 0.400. The molecule has 0 bridgehead atoms. The lowest BCUT2D eigenvalue weighted by atomic mass is 10.1. The first kappa shape index (κ1) is 25.4. The molecule has 1 fully saturated rings. The molecule has 1 aliphatic rings. The first-order valence-electron chi connectivity index (χ1n) is 12.2. The number of aryl methyl sites for hydroxylation is 2. The van der Waals surface area contributed by atoms with Crippen LogP contribution in [0.25, 0.3) is 16.9 Å². The van der Waals surface area contributed by atoms with E-state index in [0.717, 1.165) is 38.4 Å². The van der Waals surface area contributed by atoms with E-state index in [9.17, 15) is 0 Å². The predicted octanol–water partition coefficient (Wildman–Crippen LogP) is 4.21. The molecule has 4 heterocycles. The Hall–Kier alpha value is -3.21. The Morgan fingerprint density at radius 2 is 1.70 bits per heavy atom. The molecule has 4 aromatic rings. The molecule has 10 nitrogen and oxygen atoms in total. The molecule has 2 N–H and O–H groups in total. The number of hydrogen-bond acceptors (Lipinski definition) is 9. The van der Waals surface area contributed by atoms with Crippen molar-refractivity contribution in [1.29, 1.82) is 0 Å². The number of hydrogen-bond donors (Lipinski definition) is 2. The van der Waals surface area contributed by atoms with Gasteiger partial charge in [-0.25, -0.2) is 24.9 Å². The molecule has 0 radical (unpaired) electrons. The minimum Gasteiger partial charge on any atom is -0.497 e. The topological polar surface area (TPSA) is 106 Å². The number of halogens is 2. The summed E-state index contributed by atoms with van der Waals surface area (Å²) in [5.41, 5.74) is 1.93. The molecule has 1 aliphatic heterocycles. The van der Waals surface area contributed by atoms with Gasteiger partial charge in [-0.05, 0) is 32.8 Å². The number of imidazole rings is 1. The van der Waals surface area contributed by atoms with E-state index in [2.05, 4.69) is 35.5 Å². The van der Waals surface area contributed by atoms with Crippen LogP contribution in [-0.2, 0) is 0 Å². The SMILES string of the molecule is COc1cc(Cl)c(-n2c(C)nc3c(NCCNC4CCN(c5ncccn5)CC4)nc(C)nc32)c(Cl)c1. The van der Waals surface area contributed by atoms with Gasteiger partial charge in [0.15, 0.2) is 17.0 Å². The van der Waals surface area contributed by atoms with Crippen molar-refractivity contribution in [3.8, 4) is 11.4 Å². The Bertz CT molecular complexity index is 1370.